The zero-order chi connectivity index (χ0) is 12.3. The second kappa shape index (κ2) is 5.02. The molecule has 2 aromatic carbocycles. The van der Waals surface area contributed by atoms with Crippen LogP contribution >= 0.6 is 0 Å². The Morgan fingerprint density at radius 2 is 1.76 bits per heavy atom. The summed E-state index contributed by atoms with van der Waals surface area (Å²) in [6.07, 6.45) is 0. The minimum Gasteiger partial charge on any atom is -0.392 e. The molecule has 2 N–H and O–H groups in total. The van der Waals surface area contributed by atoms with Gasteiger partial charge in [0.15, 0.2) is 0 Å². The van der Waals surface area contributed by atoms with Gasteiger partial charge in [-0.2, -0.15) is 0 Å². The Balaban J connectivity index is 2.31. The van der Waals surface area contributed by atoms with Gasteiger partial charge >= 0.3 is 0 Å². The van der Waals surface area contributed by atoms with Crippen molar-refractivity contribution in [1.82, 2.24) is 0 Å². The molecule has 0 heterocycles. The normalized spacial score (nSPS) is 10.3. The van der Waals surface area contributed by atoms with E-state index >= 15 is 0 Å². The van der Waals surface area contributed by atoms with E-state index in [1.165, 1.54) is 11.1 Å². The fourth-order valence-electron chi connectivity index (χ4n) is 1.88. The topological polar surface area (TPSA) is 32.3 Å². The van der Waals surface area contributed by atoms with E-state index in [1.54, 1.807) is 0 Å². The molecule has 2 aromatic rings. The highest BCUT2D eigenvalue weighted by molar-refractivity contribution is 5.66. The number of nitrogens with one attached hydrogen (secondary N) is 1. The van der Waals surface area contributed by atoms with Gasteiger partial charge in [-0.25, -0.2) is 0 Å². The van der Waals surface area contributed by atoms with Crippen molar-refractivity contribution in [1.29, 1.82) is 0 Å². The third-order valence-corrected chi connectivity index (χ3v) is 2.84. The van der Waals surface area contributed by atoms with Gasteiger partial charge < -0.3 is 10.4 Å². The molecule has 88 valence electrons. The van der Waals surface area contributed by atoms with Crippen LogP contribution in [-0.2, 0) is 6.61 Å². The first kappa shape index (κ1) is 11.7. The maximum Gasteiger partial charge on any atom is 0.0702 e. The SMILES string of the molecule is Cc1ccc(Nc2ccccc2CO)c(C)c1. The number of rotatable bonds is 3. The molecule has 0 aliphatic heterocycles. The van der Waals surface area contributed by atoms with Gasteiger partial charge in [-0.1, -0.05) is 35.9 Å². The lowest BCUT2D eigenvalue weighted by Crippen LogP contribution is -1.97. The van der Waals surface area contributed by atoms with E-state index in [1.807, 2.05) is 24.3 Å². The van der Waals surface area contributed by atoms with Gasteiger partial charge in [0.05, 0.1) is 6.61 Å². The molecule has 2 rings (SSSR count). The smallest absolute Gasteiger partial charge is 0.0702 e. The molecule has 0 amide bonds. The number of benzene rings is 2. The first-order valence-corrected chi connectivity index (χ1v) is 5.74. The monoisotopic (exact) mass is 227 g/mol. The first-order chi connectivity index (χ1) is 8.20. The van der Waals surface area contributed by atoms with E-state index in [0.29, 0.717) is 0 Å². The van der Waals surface area contributed by atoms with Gasteiger partial charge in [-0.05, 0) is 31.5 Å². The van der Waals surface area contributed by atoms with E-state index in [2.05, 4.69) is 37.4 Å². The molecule has 0 bridgehead atoms. The Kier molecular flexibility index (Phi) is 3.45. The van der Waals surface area contributed by atoms with Crippen LogP contribution in [-0.4, -0.2) is 5.11 Å². The lowest BCUT2D eigenvalue weighted by atomic mass is 10.1. The number of hydrogen-bond donors (Lipinski definition) is 2. The Bertz CT molecular complexity index is 520. The molecule has 2 nitrogen and oxygen atoms in total. The first-order valence-electron chi connectivity index (χ1n) is 5.74. The van der Waals surface area contributed by atoms with Crippen molar-refractivity contribution in [3.63, 3.8) is 0 Å². The van der Waals surface area contributed by atoms with Crippen LogP contribution in [0.2, 0.25) is 0 Å². The summed E-state index contributed by atoms with van der Waals surface area (Å²) in [5.41, 5.74) is 5.41. The Morgan fingerprint density at radius 1 is 1.00 bits per heavy atom. The summed E-state index contributed by atoms with van der Waals surface area (Å²) in [5.74, 6) is 0. The number of aliphatic hydroxyl groups excluding tert-OH is 1. The van der Waals surface area contributed by atoms with E-state index in [0.717, 1.165) is 16.9 Å². The van der Waals surface area contributed by atoms with Gasteiger partial charge in [0.2, 0.25) is 0 Å². The molecule has 0 unspecified atom stereocenters. The molecule has 0 aromatic heterocycles. The van der Waals surface area contributed by atoms with Crippen LogP contribution in [0.1, 0.15) is 16.7 Å². The van der Waals surface area contributed by atoms with Crippen molar-refractivity contribution in [2.75, 3.05) is 5.32 Å². The highest BCUT2D eigenvalue weighted by Crippen LogP contribution is 2.24. The fourth-order valence-corrected chi connectivity index (χ4v) is 1.88. The number of hydrogen-bond acceptors (Lipinski definition) is 2. The molecule has 0 saturated heterocycles. The zero-order valence-corrected chi connectivity index (χ0v) is 10.2. The molecule has 0 fully saturated rings. The van der Waals surface area contributed by atoms with Crippen LogP contribution in [0.5, 0.6) is 0 Å². The Labute approximate surface area is 102 Å². The van der Waals surface area contributed by atoms with Crippen LogP contribution in [0.4, 0.5) is 11.4 Å². The highest BCUT2D eigenvalue weighted by atomic mass is 16.3. The number of aryl methyl sites for hydroxylation is 2. The molecule has 0 spiro atoms. The minimum atomic E-state index is 0.0497. The average molecular weight is 227 g/mol. The van der Waals surface area contributed by atoms with Gasteiger partial charge in [-0.15, -0.1) is 0 Å². The molecule has 0 aliphatic rings. The molecule has 2 heteroatoms. The summed E-state index contributed by atoms with van der Waals surface area (Å²) < 4.78 is 0. The zero-order valence-electron chi connectivity index (χ0n) is 10.2. The third-order valence-electron chi connectivity index (χ3n) is 2.84. The number of para-hydroxylation sites is 1. The summed E-state index contributed by atoms with van der Waals surface area (Å²) in [6.45, 7) is 4.21. The van der Waals surface area contributed by atoms with E-state index in [-0.39, 0.29) is 6.61 Å². The molecular weight excluding hydrogens is 210 g/mol. The van der Waals surface area contributed by atoms with Crippen molar-refractivity contribution in [3.8, 4) is 0 Å². The molecule has 0 aliphatic carbocycles. The van der Waals surface area contributed by atoms with Gasteiger partial charge in [0.25, 0.3) is 0 Å². The molecule has 0 atom stereocenters. The van der Waals surface area contributed by atoms with E-state index in [9.17, 15) is 5.11 Å². The highest BCUT2D eigenvalue weighted by Gasteiger charge is 2.03. The lowest BCUT2D eigenvalue weighted by Gasteiger charge is -2.13. The quantitative estimate of drug-likeness (QED) is 0.840. The minimum absolute atomic E-state index is 0.0497. The van der Waals surface area contributed by atoms with Gasteiger partial charge in [-0.3, -0.25) is 0 Å². The van der Waals surface area contributed by atoms with Crippen LogP contribution in [0, 0.1) is 13.8 Å². The standard InChI is InChI=1S/C15H17NO/c1-11-7-8-14(12(2)9-11)16-15-6-4-3-5-13(15)10-17/h3-9,16-17H,10H2,1-2H3. The van der Waals surface area contributed by atoms with Crippen molar-refractivity contribution in [2.24, 2.45) is 0 Å². The van der Waals surface area contributed by atoms with Crippen molar-refractivity contribution in [3.05, 3.63) is 59.2 Å². The van der Waals surface area contributed by atoms with E-state index in [4.69, 9.17) is 0 Å². The predicted molar refractivity (Wildman–Crippen MR) is 71.6 cm³/mol. The summed E-state index contributed by atoms with van der Waals surface area (Å²) in [6, 6.07) is 14.1. The maximum atomic E-state index is 9.27. The third kappa shape index (κ3) is 2.66. The second-order valence-electron chi connectivity index (χ2n) is 4.26. The summed E-state index contributed by atoms with van der Waals surface area (Å²) in [4.78, 5) is 0. The Hall–Kier alpha value is -1.80. The van der Waals surface area contributed by atoms with Gasteiger partial charge in [0, 0.05) is 16.9 Å². The number of aliphatic hydroxyl groups is 1. The van der Waals surface area contributed by atoms with Crippen LogP contribution < -0.4 is 5.32 Å². The molecule has 17 heavy (non-hydrogen) atoms. The summed E-state index contributed by atoms with van der Waals surface area (Å²) in [5, 5.41) is 12.6. The molecule has 0 radical (unpaired) electrons. The van der Waals surface area contributed by atoms with Gasteiger partial charge in [0.1, 0.15) is 0 Å². The molecule has 0 saturated carbocycles. The average Bonchev–Trinajstić information content (AvgIpc) is 2.33. The fraction of sp³-hybridized carbons (Fsp3) is 0.200. The van der Waals surface area contributed by atoms with Crippen molar-refractivity contribution in [2.45, 2.75) is 20.5 Å². The number of anilines is 2. The van der Waals surface area contributed by atoms with Crippen molar-refractivity contribution < 1.29 is 5.11 Å². The summed E-state index contributed by atoms with van der Waals surface area (Å²) in [7, 11) is 0. The Morgan fingerprint density at radius 3 is 2.47 bits per heavy atom. The largest absolute Gasteiger partial charge is 0.392 e. The van der Waals surface area contributed by atoms with Crippen molar-refractivity contribution >= 4 is 11.4 Å². The van der Waals surface area contributed by atoms with Crippen LogP contribution in [0.3, 0.4) is 0 Å². The predicted octanol–water partition coefficient (Wildman–Crippen LogP) is 3.54. The maximum absolute atomic E-state index is 9.27. The molecular formula is C15H17NO. The van der Waals surface area contributed by atoms with Crippen LogP contribution in [0.25, 0.3) is 0 Å². The second-order valence-corrected chi connectivity index (χ2v) is 4.26. The lowest BCUT2D eigenvalue weighted by molar-refractivity contribution is 0.282. The van der Waals surface area contributed by atoms with Crippen LogP contribution in [0.15, 0.2) is 42.5 Å². The van der Waals surface area contributed by atoms with E-state index < -0.39 is 0 Å². The summed E-state index contributed by atoms with van der Waals surface area (Å²) >= 11 is 0.